The highest BCUT2D eigenvalue weighted by Gasteiger charge is 2.27. The monoisotopic (exact) mass is 502 g/mol. The average molecular weight is 503 g/mol. The number of carbonyl (C=O) groups is 1. The van der Waals surface area contributed by atoms with E-state index in [4.69, 9.17) is 4.74 Å². The van der Waals surface area contributed by atoms with Crippen LogP contribution in [0.2, 0.25) is 0 Å². The fourth-order valence-corrected chi connectivity index (χ4v) is 5.15. The standard InChI is InChI=1S/C28H26N2O5S/c1-2-3-17-35-23-13-15-24(16-14-23)36(33,34)29-26(28(31)32)18-22-20-30(19-21-9-5-4-6-10-21)27-12-8-7-11-25(22)27/h4-16,20,26,29H,17-19H2,1H3,(H,31,32)/t26-/m1/s1. The van der Waals surface area contributed by atoms with Gasteiger partial charge < -0.3 is 14.4 Å². The summed E-state index contributed by atoms with van der Waals surface area (Å²) in [5.41, 5.74) is 2.80. The Balaban J connectivity index is 1.56. The van der Waals surface area contributed by atoms with E-state index in [9.17, 15) is 18.3 Å². The van der Waals surface area contributed by atoms with E-state index in [2.05, 4.69) is 21.1 Å². The second kappa shape index (κ2) is 11.1. The molecule has 0 aliphatic rings. The summed E-state index contributed by atoms with van der Waals surface area (Å²) >= 11 is 0. The molecule has 1 heterocycles. The predicted octanol–water partition coefficient (Wildman–Crippen LogP) is 4.07. The molecule has 3 aromatic carbocycles. The van der Waals surface area contributed by atoms with Gasteiger partial charge in [-0.15, -0.1) is 5.92 Å². The van der Waals surface area contributed by atoms with Crippen LogP contribution in [0.4, 0.5) is 0 Å². The van der Waals surface area contributed by atoms with Crippen molar-refractivity contribution < 1.29 is 23.1 Å². The van der Waals surface area contributed by atoms with Crippen LogP contribution in [0.5, 0.6) is 5.75 Å². The first kappa shape index (κ1) is 25.0. The van der Waals surface area contributed by atoms with Gasteiger partial charge in [-0.25, -0.2) is 8.42 Å². The summed E-state index contributed by atoms with van der Waals surface area (Å²) in [4.78, 5) is 12.0. The number of carboxylic acid groups (broad SMARTS) is 1. The smallest absolute Gasteiger partial charge is 0.322 e. The SMILES string of the molecule is CC#CCOc1ccc(S(=O)(=O)N[C@H](Cc2cn(Cc3ccccc3)c3ccccc23)C(=O)O)cc1. The third-order valence-electron chi connectivity index (χ3n) is 5.71. The van der Waals surface area contributed by atoms with Gasteiger partial charge in [0.15, 0.2) is 0 Å². The summed E-state index contributed by atoms with van der Waals surface area (Å²) in [7, 11) is -4.08. The number of aromatic nitrogens is 1. The van der Waals surface area contributed by atoms with Crippen molar-refractivity contribution in [2.45, 2.75) is 30.8 Å². The topological polar surface area (TPSA) is 97.6 Å². The number of nitrogens with zero attached hydrogens (tertiary/aromatic N) is 1. The second-order valence-corrected chi connectivity index (χ2v) is 9.90. The Morgan fingerprint density at radius 1 is 1.03 bits per heavy atom. The third-order valence-corrected chi connectivity index (χ3v) is 7.20. The first-order valence-electron chi connectivity index (χ1n) is 11.4. The van der Waals surface area contributed by atoms with Crippen molar-refractivity contribution in [1.82, 2.24) is 9.29 Å². The summed E-state index contributed by atoms with van der Waals surface area (Å²) in [5, 5.41) is 10.7. The molecule has 0 radical (unpaired) electrons. The van der Waals surface area contributed by atoms with Crippen LogP contribution in [0.25, 0.3) is 10.9 Å². The van der Waals surface area contributed by atoms with Gasteiger partial charge >= 0.3 is 5.97 Å². The van der Waals surface area contributed by atoms with Gasteiger partial charge in [0.05, 0.1) is 4.90 Å². The molecular formula is C28H26N2O5S. The number of hydrogen-bond acceptors (Lipinski definition) is 4. The van der Waals surface area contributed by atoms with Gasteiger partial charge in [-0.05, 0) is 48.4 Å². The van der Waals surface area contributed by atoms with Crippen molar-refractivity contribution in [3.8, 4) is 17.6 Å². The van der Waals surface area contributed by atoms with Gasteiger partial charge in [0.1, 0.15) is 18.4 Å². The summed E-state index contributed by atoms with van der Waals surface area (Å²) < 4.78 is 35.8. The molecule has 0 aliphatic carbocycles. The summed E-state index contributed by atoms with van der Waals surface area (Å²) in [5.74, 6) is 4.69. The van der Waals surface area contributed by atoms with Crippen LogP contribution in [0.1, 0.15) is 18.1 Å². The van der Waals surface area contributed by atoms with Crippen molar-refractivity contribution in [2.24, 2.45) is 0 Å². The van der Waals surface area contributed by atoms with Crippen molar-refractivity contribution in [3.05, 3.63) is 96.2 Å². The molecule has 0 bridgehead atoms. The second-order valence-electron chi connectivity index (χ2n) is 8.19. The van der Waals surface area contributed by atoms with Crippen LogP contribution in [0.15, 0.2) is 90.0 Å². The normalized spacial score (nSPS) is 12.0. The number of sulfonamides is 1. The summed E-state index contributed by atoms with van der Waals surface area (Å²) in [6.45, 7) is 2.51. The van der Waals surface area contributed by atoms with Crippen LogP contribution in [0.3, 0.4) is 0 Å². The molecule has 7 nitrogen and oxygen atoms in total. The fraction of sp³-hybridized carbons (Fsp3) is 0.179. The van der Waals surface area contributed by atoms with Crippen LogP contribution in [0, 0.1) is 11.8 Å². The lowest BCUT2D eigenvalue weighted by molar-refractivity contribution is -0.138. The number of nitrogens with one attached hydrogen (secondary N) is 1. The van der Waals surface area contributed by atoms with E-state index in [1.807, 2.05) is 60.8 Å². The number of aliphatic carboxylic acids is 1. The molecule has 4 aromatic rings. The van der Waals surface area contributed by atoms with Crippen molar-refractivity contribution >= 4 is 26.9 Å². The highest BCUT2D eigenvalue weighted by Crippen LogP contribution is 2.24. The Kier molecular flexibility index (Phi) is 7.74. The Morgan fingerprint density at radius 2 is 1.72 bits per heavy atom. The molecule has 0 amide bonds. The molecule has 0 fully saturated rings. The van der Waals surface area contributed by atoms with Gasteiger partial charge in [-0.1, -0.05) is 54.5 Å². The van der Waals surface area contributed by atoms with E-state index < -0.39 is 22.0 Å². The molecule has 36 heavy (non-hydrogen) atoms. The highest BCUT2D eigenvalue weighted by atomic mass is 32.2. The maximum absolute atomic E-state index is 13.0. The maximum Gasteiger partial charge on any atom is 0.322 e. The lowest BCUT2D eigenvalue weighted by Crippen LogP contribution is -2.42. The first-order valence-corrected chi connectivity index (χ1v) is 12.8. The van der Waals surface area contributed by atoms with Gasteiger partial charge in [0.2, 0.25) is 10.0 Å². The van der Waals surface area contributed by atoms with Crippen molar-refractivity contribution in [2.75, 3.05) is 6.61 Å². The maximum atomic E-state index is 13.0. The van der Waals surface area contributed by atoms with Gasteiger partial charge in [-0.2, -0.15) is 4.72 Å². The van der Waals surface area contributed by atoms with Crippen LogP contribution in [-0.4, -0.2) is 36.7 Å². The van der Waals surface area contributed by atoms with Gasteiger partial charge in [-0.3, -0.25) is 4.79 Å². The van der Waals surface area contributed by atoms with E-state index in [0.29, 0.717) is 12.3 Å². The zero-order valence-corrected chi connectivity index (χ0v) is 20.5. The lowest BCUT2D eigenvalue weighted by atomic mass is 10.1. The number of carboxylic acids is 1. The number of para-hydroxylation sites is 1. The third kappa shape index (κ3) is 5.95. The molecule has 0 spiro atoms. The minimum atomic E-state index is -4.08. The predicted molar refractivity (Wildman–Crippen MR) is 138 cm³/mol. The van der Waals surface area contributed by atoms with Crippen LogP contribution >= 0.6 is 0 Å². The molecule has 4 rings (SSSR count). The lowest BCUT2D eigenvalue weighted by Gasteiger charge is -2.15. The zero-order valence-electron chi connectivity index (χ0n) is 19.7. The van der Waals surface area contributed by atoms with E-state index in [1.54, 1.807) is 6.92 Å². The van der Waals surface area contributed by atoms with E-state index in [0.717, 1.165) is 22.0 Å². The van der Waals surface area contributed by atoms with Crippen LogP contribution in [-0.2, 0) is 27.8 Å². The quantitative estimate of drug-likeness (QED) is 0.319. The Labute approximate surface area is 210 Å². The molecule has 1 aromatic heterocycles. The number of fused-ring (bicyclic) bond motifs is 1. The minimum Gasteiger partial charge on any atom is -0.481 e. The van der Waals surface area contributed by atoms with Crippen LogP contribution < -0.4 is 9.46 Å². The molecule has 0 aliphatic heterocycles. The number of rotatable bonds is 10. The molecular weight excluding hydrogens is 476 g/mol. The van der Waals surface area contributed by atoms with E-state index >= 15 is 0 Å². The molecule has 0 saturated heterocycles. The van der Waals surface area contributed by atoms with E-state index in [1.165, 1.54) is 24.3 Å². The molecule has 0 saturated carbocycles. The van der Waals surface area contributed by atoms with Gasteiger partial charge in [0.25, 0.3) is 0 Å². The summed E-state index contributed by atoms with van der Waals surface area (Å²) in [6, 6.07) is 22.1. The molecule has 0 unspecified atom stereocenters. The fourth-order valence-electron chi connectivity index (χ4n) is 3.96. The average Bonchev–Trinajstić information content (AvgIpc) is 3.21. The van der Waals surface area contributed by atoms with Crippen molar-refractivity contribution in [3.63, 3.8) is 0 Å². The number of hydrogen-bond donors (Lipinski definition) is 2. The molecule has 2 N–H and O–H groups in total. The largest absolute Gasteiger partial charge is 0.481 e. The number of ether oxygens (including phenoxy) is 1. The molecule has 8 heteroatoms. The Morgan fingerprint density at radius 3 is 2.42 bits per heavy atom. The molecule has 184 valence electrons. The minimum absolute atomic E-state index is 0.00620. The highest BCUT2D eigenvalue weighted by molar-refractivity contribution is 7.89. The Hall–Kier alpha value is -4.06. The number of benzene rings is 3. The Bertz CT molecular complexity index is 1520. The van der Waals surface area contributed by atoms with Gasteiger partial charge in [0, 0.05) is 30.1 Å². The zero-order chi connectivity index (χ0) is 25.5. The summed E-state index contributed by atoms with van der Waals surface area (Å²) in [6.07, 6.45) is 1.89. The van der Waals surface area contributed by atoms with Crippen molar-refractivity contribution in [1.29, 1.82) is 0 Å². The first-order chi connectivity index (χ1) is 17.4. The molecule has 1 atom stereocenters. The van der Waals surface area contributed by atoms with E-state index in [-0.39, 0.29) is 17.9 Å².